The number of hydrogen-bond acceptors (Lipinski definition) is 3. The van der Waals surface area contributed by atoms with Crippen LogP contribution < -0.4 is 10.7 Å². The van der Waals surface area contributed by atoms with E-state index in [2.05, 4.69) is 10.3 Å². The van der Waals surface area contributed by atoms with Gasteiger partial charge in [-0.25, -0.2) is 0 Å². The monoisotopic (exact) mass is 300 g/mol. The van der Waals surface area contributed by atoms with Crippen LogP contribution in [-0.4, -0.2) is 24.2 Å². The highest BCUT2D eigenvalue weighted by atomic mass is 16.5. The third-order valence-electron chi connectivity index (χ3n) is 4.27. The van der Waals surface area contributed by atoms with Crippen LogP contribution in [0.15, 0.2) is 29.1 Å². The summed E-state index contributed by atoms with van der Waals surface area (Å²) in [6.45, 7) is 4.51. The number of pyridine rings is 1. The molecule has 1 aromatic carbocycles. The summed E-state index contributed by atoms with van der Waals surface area (Å²) in [5, 5.41) is 4.17. The molecule has 2 N–H and O–H groups in total. The largest absolute Gasteiger partial charge is 0.378 e. The number of rotatable bonds is 5. The van der Waals surface area contributed by atoms with E-state index in [1.165, 1.54) is 19.3 Å². The Morgan fingerprint density at radius 1 is 1.32 bits per heavy atom. The molecule has 4 heteroatoms. The van der Waals surface area contributed by atoms with Gasteiger partial charge >= 0.3 is 0 Å². The van der Waals surface area contributed by atoms with Crippen LogP contribution in [0, 0.1) is 6.92 Å². The van der Waals surface area contributed by atoms with E-state index in [1.54, 1.807) is 6.07 Å². The second-order valence-corrected chi connectivity index (χ2v) is 6.16. The van der Waals surface area contributed by atoms with Crippen LogP contribution in [0.3, 0.4) is 0 Å². The minimum Gasteiger partial charge on any atom is -0.378 e. The average Bonchev–Trinajstić information content (AvgIpc) is 2.53. The van der Waals surface area contributed by atoms with Gasteiger partial charge in [-0.3, -0.25) is 4.79 Å². The minimum atomic E-state index is 0.0878. The van der Waals surface area contributed by atoms with Crippen LogP contribution in [0.2, 0.25) is 0 Å². The Balaban J connectivity index is 1.57. The topological polar surface area (TPSA) is 54.1 Å². The van der Waals surface area contributed by atoms with Crippen LogP contribution in [-0.2, 0) is 11.3 Å². The Bertz CT molecular complexity index is 687. The summed E-state index contributed by atoms with van der Waals surface area (Å²) in [7, 11) is 0. The Morgan fingerprint density at radius 3 is 3.05 bits per heavy atom. The maximum absolute atomic E-state index is 12.2. The van der Waals surface area contributed by atoms with Crippen LogP contribution in [0.25, 0.3) is 10.9 Å². The second-order valence-electron chi connectivity index (χ2n) is 6.16. The molecule has 0 aliphatic carbocycles. The van der Waals surface area contributed by atoms with E-state index < -0.39 is 0 Å². The number of H-pyrrole nitrogens is 1. The smallest absolute Gasteiger partial charge is 0.189 e. The first-order valence-corrected chi connectivity index (χ1v) is 8.17. The zero-order chi connectivity index (χ0) is 15.4. The maximum atomic E-state index is 12.2. The SMILES string of the molecule is Cc1ccc2[nH]c(CNCCC3CCCCO3)cc(=O)c2c1. The zero-order valence-electron chi connectivity index (χ0n) is 13.2. The Kier molecular flexibility index (Phi) is 4.90. The molecule has 1 atom stereocenters. The number of nitrogens with one attached hydrogen (secondary N) is 2. The molecule has 1 unspecified atom stereocenters. The van der Waals surface area contributed by atoms with Gasteiger partial charge in [0, 0.05) is 35.8 Å². The van der Waals surface area contributed by atoms with Gasteiger partial charge in [0.05, 0.1) is 6.10 Å². The van der Waals surface area contributed by atoms with Crippen LogP contribution in [0.5, 0.6) is 0 Å². The minimum absolute atomic E-state index is 0.0878. The maximum Gasteiger partial charge on any atom is 0.189 e. The summed E-state index contributed by atoms with van der Waals surface area (Å²) in [4.78, 5) is 15.5. The third-order valence-corrected chi connectivity index (χ3v) is 4.27. The highest BCUT2D eigenvalue weighted by Gasteiger charge is 2.12. The summed E-state index contributed by atoms with van der Waals surface area (Å²) in [5.74, 6) is 0. The van der Waals surface area contributed by atoms with E-state index in [1.807, 2.05) is 25.1 Å². The van der Waals surface area contributed by atoms with Gasteiger partial charge < -0.3 is 15.0 Å². The van der Waals surface area contributed by atoms with E-state index in [9.17, 15) is 4.79 Å². The average molecular weight is 300 g/mol. The molecule has 22 heavy (non-hydrogen) atoms. The van der Waals surface area contributed by atoms with Crippen molar-refractivity contribution < 1.29 is 4.74 Å². The molecule has 118 valence electrons. The van der Waals surface area contributed by atoms with Crippen molar-refractivity contribution in [1.29, 1.82) is 0 Å². The van der Waals surface area contributed by atoms with Gasteiger partial charge in [-0.05, 0) is 51.3 Å². The number of benzene rings is 1. The second kappa shape index (κ2) is 7.07. The van der Waals surface area contributed by atoms with Crippen LogP contribution in [0.1, 0.15) is 36.9 Å². The molecule has 1 fully saturated rings. The summed E-state index contributed by atoms with van der Waals surface area (Å²) in [6, 6.07) is 7.64. The van der Waals surface area contributed by atoms with Crippen LogP contribution in [0.4, 0.5) is 0 Å². The van der Waals surface area contributed by atoms with E-state index in [4.69, 9.17) is 4.74 Å². The fraction of sp³-hybridized carbons (Fsp3) is 0.500. The molecule has 4 nitrogen and oxygen atoms in total. The first-order valence-electron chi connectivity index (χ1n) is 8.17. The molecule has 0 bridgehead atoms. The third kappa shape index (κ3) is 3.76. The van der Waals surface area contributed by atoms with Gasteiger partial charge in [-0.15, -0.1) is 0 Å². The van der Waals surface area contributed by atoms with Crippen molar-refractivity contribution in [2.45, 2.75) is 45.3 Å². The molecule has 0 spiro atoms. The summed E-state index contributed by atoms with van der Waals surface area (Å²) in [5.41, 5.74) is 3.04. The molecule has 0 radical (unpaired) electrons. The van der Waals surface area contributed by atoms with Gasteiger partial charge in [0.25, 0.3) is 0 Å². The number of fused-ring (bicyclic) bond motifs is 1. The van der Waals surface area contributed by atoms with E-state index in [-0.39, 0.29) is 5.43 Å². The normalized spacial score (nSPS) is 18.7. The highest BCUT2D eigenvalue weighted by Crippen LogP contribution is 2.15. The molecule has 1 aromatic heterocycles. The molecular formula is C18H24N2O2. The fourth-order valence-electron chi connectivity index (χ4n) is 3.03. The molecule has 3 rings (SSSR count). The molecule has 0 saturated carbocycles. The van der Waals surface area contributed by atoms with E-state index in [0.717, 1.165) is 41.7 Å². The summed E-state index contributed by atoms with van der Waals surface area (Å²) >= 11 is 0. The van der Waals surface area contributed by atoms with Crippen molar-refractivity contribution in [1.82, 2.24) is 10.3 Å². The van der Waals surface area contributed by atoms with Gasteiger partial charge in [0.1, 0.15) is 0 Å². The highest BCUT2D eigenvalue weighted by molar-refractivity contribution is 5.79. The predicted octanol–water partition coefficient (Wildman–Crippen LogP) is 2.89. The Labute approximate surface area is 130 Å². The van der Waals surface area contributed by atoms with Crippen molar-refractivity contribution in [3.8, 4) is 0 Å². The Hall–Kier alpha value is -1.65. The van der Waals surface area contributed by atoms with Gasteiger partial charge in [0.2, 0.25) is 0 Å². The zero-order valence-corrected chi connectivity index (χ0v) is 13.2. The quantitative estimate of drug-likeness (QED) is 0.835. The number of ether oxygens (including phenoxy) is 1. The lowest BCUT2D eigenvalue weighted by atomic mass is 10.1. The lowest BCUT2D eigenvalue weighted by molar-refractivity contribution is 0.0115. The number of aromatic amines is 1. The van der Waals surface area contributed by atoms with Crippen molar-refractivity contribution >= 4 is 10.9 Å². The summed E-state index contributed by atoms with van der Waals surface area (Å²) < 4.78 is 5.72. The number of aryl methyl sites for hydroxylation is 1. The molecule has 2 aromatic rings. The number of aromatic nitrogens is 1. The molecule has 1 saturated heterocycles. The molecular weight excluding hydrogens is 276 g/mol. The Morgan fingerprint density at radius 2 is 2.23 bits per heavy atom. The van der Waals surface area contributed by atoms with Crippen LogP contribution >= 0.6 is 0 Å². The van der Waals surface area contributed by atoms with Crippen molar-refractivity contribution in [2.24, 2.45) is 0 Å². The predicted molar refractivity (Wildman–Crippen MR) is 89.2 cm³/mol. The van der Waals surface area contributed by atoms with Crippen molar-refractivity contribution in [2.75, 3.05) is 13.2 Å². The van der Waals surface area contributed by atoms with Crippen molar-refractivity contribution in [3.05, 3.63) is 45.7 Å². The van der Waals surface area contributed by atoms with Gasteiger partial charge in [0.15, 0.2) is 5.43 Å². The standard InChI is InChI=1S/C18H24N2O2/c1-13-5-6-17-16(10-13)18(21)11-14(20-17)12-19-8-7-15-4-2-3-9-22-15/h5-6,10-11,15,19H,2-4,7-9,12H2,1H3,(H,20,21). The first-order chi connectivity index (χ1) is 10.7. The molecule has 1 aliphatic heterocycles. The lowest BCUT2D eigenvalue weighted by Crippen LogP contribution is -2.25. The van der Waals surface area contributed by atoms with E-state index in [0.29, 0.717) is 12.6 Å². The van der Waals surface area contributed by atoms with Gasteiger partial charge in [-0.1, -0.05) is 11.6 Å². The molecule has 2 heterocycles. The lowest BCUT2D eigenvalue weighted by Gasteiger charge is -2.22. The summed E-state index contributed by atoms with van der Waals surface area (Å²) in [6.07, 6.45) is 5.09. The molecule has 0 amide bonds. The van der Waals surface area contributed by atoms with Crippen molar-refractivity contribution in [3.63, 3.8) is 0 Å². The van der Waals surface area contributed by atoms with E-state index >= 15 is 0 Å². The fourth-order valence-corrected chi connectivity index (χ4v) is 3.03. The molecule has 1 aliphatic rings. The first kappa shape index (κ1) is 15.3. The van der Waals surface area contributed by atoms with Gasteiger partial charge in [-0.2, -0.15) is 0 Å². The number of hydrogen-bond donors (Lipinski definition) is 2.